The summed E-state index contributed by atoms with van der Waals surface area (Å²) in [6.07, 6.45) is 1.50. The van der Waals surface area contributed by atoms with Gasteiger partial charge < -0.3 is 16.0 Å². The van der Waals surface area contributed by atoms with Crippen LogP contribution in [0.15, 0.2) is 17.5 Å². The van der Waals surface area contributed by atoms with E-state index in [1.807, 2.05) is 24.4 Å². The Kier molecular flexibility index (Phi) is 4.55. The molecule has 1 saturated heterocycles. The van der Waals surface area contributed by atoms with Crippen molar-refractivity contribution in [3.8, 4) is 0 Å². The van der Waals surface area contributed by atoms with Crippen LogP contribution in [0.25, 0.3) is 0 Å². The number of rotatable bonds is 4. The highest BCUT2D eigenvalue weighted by molar-refractivity contribution is 7.10. The van der Waals surface area contributed by atoms with Crippen LogP contribution in [-0.2, 0) is 9.59 Å². The van der Waals surface area contributed by atoms with Crippen molar-refractivity contribution in [1.29, 1.82) is 0 Å². The Morgan fingerprint density at radius 2 is 2.47 bits per heavy atom. The van der Waals surface area contributed by atoms with Crippen LogP contribution in [0.3, 0.4) is 0 Å². The lowest BCUT2D eigenvalue weighted by molar-refractivity contribution is -0.144. The third-order valence-corrected chi connectivity index (χ3v) is 4.15. The van der Waals surface area contributed by atoms with Crippen LogP contribution < -0.4 is 11.1 Å². The Hall–Kier alpha value is -1.40. The summed E-state index contributed by atoms with van der Waals surface area (Å²) in [5.74, 6) is -0.249. The normalized spacial score (nSPS) is 21.1. The van der Waals surface area contributed by atoms with Gasteiger partial charge in [-0.25, -0.2) is 0 Å². The molecule has 2 atom stereocenters. The van der Waals surface area contributed by atoms with Gasteiger partial charge in [0, 0.05) is 18.0 Å². The fourth-order valence-electron chi connectivity index (χ4n) is 2.28. The van der Waals surface area contributed by atoms with E-state index in [0.717, 1.165) is 11.3 Å². The maximum Gasteiger partial charge on any atom is 0.248 e. The lowest BCUT2D eigenvalue weighted by Crippen LogP contribution is -2.55. The summed E-state index contributed by atoms with van der Waals surface area (Å²) in [4.78, 5) is 26.9. The highest BCUT2D eigenvalue weighted by atomic mass is 32.1. The van der Waals surface area contributed by atoms with Gasteiger partial charge in [-0.15, -0.1) is 11.3 Å². The molecule has 3 N–H and O–H groups in total. The van der Waals surface area contributed by atoms with E-state index in [0.29, 0.717) is 19.5 Å². The molecule has 1 aliphatic rings. The SMILES string of the molecule is CCCC(N)C(=O)N1CCNC(=O)C1c1cccs1. The number of thiophene rings is 1. The summed E-state index contributed by atoms with van der Waals surface area (Å²) in [6, 6.07) is 2.73. The van der Waals surface area contributed by atoms with Crippen molar-refractivity contribution in [2.45, 2.75) is 31.8 Å². The molecule has 0 radical (unpaired) electrons. The Balaban J connectivity index is 2.21. The first-order valence-electron chi connectivity index (χ1n) is 6.52. The third-order valence-electron chi connectivity index (χ3n) is 3.22. The number of hydrogen-bond acceptors (Lipinski definition) is 4. The molecule has 2 amide bonds. The zero-order valence-electron chi connectivity index (χ0n) is 11.0. The second-order valence-corrected chi connectivity index (χ2v) is 5.62. The Bertz CT molecular complexity index is 447. The van der Waals surface area contributed by atoms with Crippen LogP contribution in [0, 0.1) is 0 Å². The lowest BCUT2D eigenvalue weighted by atomic mass is 10.1. The predicted molar refractivity (Wildman–Crippen MR) is 74.7 cm³/mol. The van der Waals surface area contributed by atoms with E-state index in [9.17, 15) is 9.59 Å². The third kappa shape index (κ3) is 2.96. The van der Waals surface area contributed by atoms with Gasteiger partial charge in [0.05, 0.1) is 6.04 Å². The smallest absolute Gasteiger partial charge is 0.248 e. The number of amides is 2. The molecule has 19 heavy (non-hydrogen) atoms. The van der Waals surface area contributed by atoms with Gasteiger partial charge in [0.15, 0.2) is 0 Å². The maximum atomic E-state index is 12.4. The largest absolute Gasteiger partial charge is 0.352 e. The number of nitrogens with one attached hydrogen (secondary N) is 1. The molecule has 1 fully saturated rings. The van der Waals surface area contributed by atoms with Gasteiger partial charge in [0.2, 0.25) is 11.8 Å². The molecule has 0 bridgehead atoms. The fourth-order valence-corrected chi connectivity index (χ4v) is 3.12. The number of nitrogens with zero attached hydrogens (tertiary/aromatic N) is 1. The van der Waals surface area contributed by atoms with Gasteiger partial charge in [-0.3, -0.25) is 9.59 Å². The molecule has 5 nitrogen and oxygen atoms in total. The molecule has 1 aromatic rings. The number of nitrogens with two attached hydrogens (primary N) is 1. The molecule has 0 aromatic carbocycles. The maximum absolute atomic E-state index is 12.4. The molecule has 104 valence electrons. The second-order valence-electron chi connectivity index (χ2n) is 4.64. The van der Waals surface area contributed by atoms with E-state index in [1.165, 1.54) is 11.3 Å². The van der Waals surface area contributed by atoms with Crippen molar-refractivity contribution in [3.63, 3.8) is 0 Å². The summed E-state index contributed by atoms with van der Waals surface area (Å²) in [5, 5.41) is 4.72. The van der Waals surface area contributed by atoms with Crippen molar-refractivity contribution >= 4 is 23.2 Å². The van der Waals surface area contributed by atoms with Crippen LogP contribution in [0.1, 0.15) is 30.7 Å². The van der Waals surface area contributed by atoms with Crippen molar-refractivity contribution in [2.75, 3.05) is 13.1 Å². The minimum atomic E-state index is -0.524. The molecular weight excluding hydrogens is 262 g/mol. The van der Waals surface area contributed by atoms with E-state index in [2.05, 4.69) is 5.32 Å². The molecule has 0 spiro atoms. The topological polar surface area (TPSA) is 75.4 Å². The van der Waals surface area contributed by atoms with Crippen LogP contribution in [-0.4, -0.2) is 35.8 Å². The van der Waals surface area contributed by atoms with Crippen molar-refractivity contribution < 1.29 is 9.59 Å². The number of carbonyl (C=O) groups excluding carboxylic acids is 2. The first-order valence-corrected chi connectivity index (χ1v) is 7.40. The van der Waals surface area contributed by atoms with Gasteiger partial charge in [-0.1, -0.05) is 19.4 Å². The first kappa shape index (κ1) is 14.0. The quantitative estimate of drug-likeness (QED) is 0.860. The Morgan fingerprint density at radius 1 is 1.68 bits per heavy atom. The summed E-state index contributed by atoms with van der Waals surface area (Å²) < 4.78 is 0. The van der Waals surface area contributed by atoms with Crippen molar-refractivity contribution in [3.05, 3.63) is 22.4 Å². The zero-order valence-corrected chi connectivity index (χ0v) is 11.8. The van der Waals surface area contributed by atoms with E-state index in [1.54, 1.807) is 4.90 Å². The Labute approximate surface area is 116 Å². The molecule has 1 aliphatic heterocycles. The van der Waals surface area contributed by atoms with Crippen molar-refractivity contribution in [1.82, 2.24) is 10.2 Å². The average Bonchev–Trinajstić information content (AvgIpc) is 2.91. The summed E-state index contributed by atoms with van der Waals surface area (Å²) in [7, 11) is 0. The first-order chi connectivity index (χ1) is 9.15. The fraction of sp³-hybridized carbons (Fsp3) is 0.538. The molecule has 6 heteroatoms. The molecule has 2 rings (SSSR count). The van der Waals surface area contributed by atoms with Gasteiger partial charge in [0.1, 0.15) is 6.04 Å². The van der Waals surface area contributed by atoms with E-state index in [-0.39, 0.29) is 11.8 Å². The Morgan fingerprint density at radius 3 is 3.11 bits per heavy atom. The van der Waals surface area contributed by atoms with Crippen LogP contribution in [0.5, 0.6) is 0 Å². The minimum Gasteiger partial charge on any atom is -0.352 e. The van der Waals surface area contributed by atoms with E-state index in [4.69, 9.17) is 5.73 Å². The standard InChI is InChI=1S/C13H19N3O2S/c1-2-4-9(14)13(18)16-7-6-15-12(17)11(16)10-5-3-8-19-10/h3,5,8-9,11H,2,4,6-7,14H2,1H3,(H,15,17). The van der Waals surface area contributed by atoms with Crippen molar-refractivity contribution in [2.24, 2.45) is 5.73 Å². The number of carbonyl (C=O) groups is 2. The van der Waals surface area contributed by atoms with Gasteiger partial charge >= 0.3 is 0 Å². The zero-order chi connectivity index (χ0) is 13.8. The lowest BCUT2D eigenvalue weighted by Gasteiger charge is -2.36. The number of piperazine rings is 1. The molecule has 2 heterocycles. The van der Waals surface area contributed by atoms with Gasteiger partial charge in [-0.2, -0.15) is 0 Å². The summed E-state index contributed by atoms with van der Waals surface area (Å²) >= 11 is 1.48. The minimum absolute atomic E-state index is 0.120. The highest BCUT2D eigenvalue weighted by Gasteiger charge is 2.36. The average molecular weight is 281 g/mol. The van der Waals surface area contributed by atoms with Crippen LogP contribution in [0.4, 0.5) is 0 Å². The van der Waals surface area contributed by atoms with Gasteiger partial charge in [0.25, 0.3) is 0 Å². The van der Waals surface area contributed by atoms with Crippen LogP contribution >= 0.6 is 11.3 Å². The van der Waals surface area contributed by atoms with E-state index >= 15 is 0 Å². The van der Waals surface area contributed by atoms with Crippen LogP contribution in [0.2, 0.25) is 0 Å². The second kappa shape index (κ2) is 6.16. The summed E-state index contributed by atoms with van der Waals surface area (Å²) in [5.41, 5.74) is 5.90. The molecule has 0 saturated carbocycles. The molecule has 0 aliphatic carbocycles. The molecular formula is C13H19N3O2S. The summed E-state index contributed by atoms with van der Waals surface area (Å²) in [6.45, 7) is 3.00. The van der Waals surface area contributed by atoms with Gasteiger partial charge in [-0.05, 0) is 17.9 Å². The predicted octanol–water partition coefficient (Wildman–Crippen LogP) is 0.875. The molecule has 1 aromatic heterocycles. The highest BCUT2D eigenvalue weighted by Crippen LogP contribution is 2.27. The molecule has 2 unspecified atom stereocenters. The monoisotopic (exact) mass is 281 g/mol. The van der Waals surface area contributed by atoms with E-state index < -0.39 is 12.1 Å². The number of hydrogen-bond donors (Lipinski definition) is 2.